The number of furan rings is 1. The number of rotatable bonds is 5. The number of amides is 1. The second-order valence-electron chi connectivity index (χ2n) is 3.43. The van der Waals surface area contributed by atoms with Crippen molar-refractivity contribution >= 4 is 5.91 Å². The van der Waals surface area contributed by atoms with Crippen molar-refractivity contribution in [2.75, 3.05) is 20.3 Å². The van der Waals surface area contributed by atoms with Gasteiger partial charge in [0.1, 0.15) is 11.5 Å². The largest absolute Gasteiger partial charge is 0.466 e. The van der Waals surface area contributed by atoms with Crippen molar-refractivity contribution in [3.05, 3.63) is 23.2 Å². The van der Waals surface area contributed by atoms with Crippen LogP contribution in [0.15, 0.2) is 10.5 Å². The summed E-state index contributed by atoms with van der Waals surface area (Å²) in [6.07, 6.45) is 0.818. The first-order valence-electron chi connectivity index (χ1n) is 4.99. The molecule has 0 bridgehead atoms. The number of methoxy groups -OCH3 is 1. The molecule has 0 aliphatic carbocycles. The lowest BCUT2D eigenvalue weighted by atomic mass is 10.2. The van der Waals surface area contributed by atoms with Crippen LogP contribution in [0.3, 0.4) is 0 Å². The van der Waals surface area contributed by atoms with Gasteiger partial charge in [-0.1, -0.05) is 0 Å². The van der Waals surface area contributed by atoms with Crippen LogP contribution in [0, 0.1) is 13.8 Å². The Labute approximate surface area is 89.6 Å². The van der Waals surface area contributed by atoms with Crippen molar-refractivity contribution in [1.29, 1.82) is 0 Å². The number of carbonyl (C=O) groups is 1. The molecule has 0 saturated carbocycles. The molecule has 0 spiro atoms. The third-order valence-electron chi connectivity index (χ3n) is 2.10. The zero-order chi connectivity index (χ0) is 11.3. The Bertz CT molecular complexity index is 331. The predicted octanol–water partition coefficient (Wildman–Crippen LogP) is 1.66. The molecule has 0 saturated heterocycles. The molecule has 0 aromatic carbocycles. The van der Waals surface area contributed by atoms with Crippen molar-refractivity contribution in [2.45, 2.75) is 20.3 Å². The van der Waals surface area contributed by atoms with Crippen LogP contribution in [0.4, 0.5) is 0 Å². The zero-order valence-corrected chi connectivity index (χ0v) is 9.42. The highest BCUT2D eigenvalue weighted by atomic mass is 16.5. The van der Waals surface area contributed by atoms with Crippen LogP contribution >= 0.6 is 0 Å². The van der Waals surface area contributed by atoms with Crippen LogP contribution < -0.4 is 5.32 Å². The van der Waals surface area contributed by atoms with Gasteiger partial charge >= 0.3 is 0 Å². The van der Waals surface area contributed by atoms with Crippen LogP contribution in [0.5, 0.6) is 0 Å². The minimum absolute atomic E-state index is 0.0829. The van der Waals surface area contributed by atoms with Gasteiger partial charge in [-0.25, -0.2) is 0 Å². The highest BCUT2D eigenvalue weighted by molar-refractivity contribution is 5.95. The van der Waals surface area contributed by atoms with E-state index >= 15 is 0 Å². The van der Waals surface area contributed by atoms with Crippen LogP contribution in [0.1, 0.15) is 28.3 Å². The molecule has 0 aliphatic rings. The average Bonchev–Trinajstić information content (AvgIpc) is 2.52. The quantitative estimate of drug-likeness (QED) is 0.753. The summed E-state index contributed by atoms with van der Waals surface area (Å²) in [6, 6.07) is 1.75. The van der Waals surface area contributed by atoms with Gasteiger partial charge in [0.05, 0.1) is 5.56 Å². The zero-order valence-electron chi connectivity index (χ0n) is 9.42. The number of carbonyl (C=O) groups excluding carboxylic acids is 1. The average molecular weight is 211 g/mol. The van der Waals surface area contributed by atoms with E-state index in [-0.39, 0.29) is 5.91 Å². The minimum atomic E-state index is -0.0829. The van der Waals surface area contributed by atoms with E-state index in [9.17, 15) is 4.79 Å². The molecule has 1 aromatic heterocycles. The Kier molecular flexibility index (Phi) is 4.37. The Morgan fingerprint density at radius 1 is 1.53 bits per heavy atom. The number of ether oxygens (including phenoxy) is 1. The summed E-state index contributed by atoms with van der Waals surface area (Å²) in [5.74, 6) is 1.34. The fourth-order valence-electron chi connectivity index (χ4n) is 1.37. The summed E-state index contributed by atoms with van der Waals surface area (Å²) in [5.41, 5.74) is 0.616. The van der Waals surface area contributed by atoms with Gasteiger partial charge < -0.3 is 14.5 Å². The van der Waals surface area contributed by atoms with Crippen molar-refractivity contribution in [3.8, 4) is 0 Å². The molecule has 1 rings (SSSR count). The summed E-state index contributed by atoms with van der Waals surface area (Å²) in [7, 11) is 1.64. The summed E-state index contributed by atoms with van der Waals surface area (Å²) in [4.78, 5) is 11.6. The topological polar surface area (TPSA) is 51.5 Å². The molecule has 1 amide bonds. The molecule has 15 heavy (non-hydrogen) atoms. The molecule has 0 atom stereocenters. The second kappa shape index (κ2) is 5.56. The Morgan fingerprint density at radius 3 is 2.80 bits per heavy atom. The molecule has 4 heteroatoms. The highest BCUT2D eigenvalue weighted by Crippen LogP contribution is 2.13. The first kappa shape index (κ1) is 11.8. The molecule has 4 nitrogen and oxygen atoms in total. The van der Waals surface area contributed by atoms with Gasteiger partial charge in [0.15, 0.2) is 0 Å². The SMILES string of the molecule is COCCCNC(=O)c1cc(C)oc1C. The first-order chi connectivity index (χ1) is 7.15. The van der Waals surface area contributed by atoms with Crippen molar-refractivity contribution in [3.63, 3.8) is 0 Å². The molecule has 84 valence electrons. The molecular formula is C11H17NO3. The standard InChI is InChI=1S/C11H17NO3/c1-8-7-10(9(2)15-8)11(13)12-5-4-6-14-3/h7H,4-6H2,1-3H3,(H,12,13). The smallest absolute Gasteiger partial charge is 0.254 e. The molecule has 1 heterocycles. The van der Waals surface area contributed by atoms with Crippen LogP contribution in [-0.2, 0) is 4.74 Å². The molecule has 0 fully saturated rings. The summed E-state index contributed by atoms with van der Waals surface area (Å²) in [5, 5.41) is 2.81. The monoisotopic (exact) mass is 211 g/mol. The maximum atomic E-state index is 11.6. The van der Waals surface area contributed by atoms with Crippen LogP contribution in [-0.4, -0.2) is 26.2 Å². The van der Waals surface area contributed by atoms with Gasteiger partial charge in [-0.2, -0.15) is 0 Å². The highest BCUT2D eigenvalue weighted by Gasteiger charge is 2.12. The van der Waals surface area contributed by atoms with E-state index in [1.54, 1.807) is 20.1 Å². The lowest BCUT2D eigenvalue weighted by Gasteiger charge is -2.03. The Morgan fingerprint density at radius 2 is 2.27 bits per heavy atom. The van der Waals surface area contributed by atoms with E-state index in [0.29, 0.717) is 24.5 Å². The van der Waals surface area contributed by atoms with Crippen molar-refractivity contribution in [2.24, 2.45) is 0 Å². The van der Waals surface area contributed by atoms with Crippen LogP contribution in [0.2, 0.25) is 0 Å². The van der Waals surface area contributed by atoms with E-state index < -0.39 is 0 Å². The number of aryl methyl sites for hydroxylation is 2. The third-order valence-corrected chi connectivity index (χ3v) is 2.10. The predicted molar refractivity (Wildman–Crippen MR) is 57.0 cm³/mol. The maximum absolute atomic E-state index is 11.6. The molecule has 1 aromatic rings. The number of hydrogen-bond acceptors (Lipinski definition) is 3. The third kappa shape index (κ3) is 3.40. The van der Waals surface area contributed by atoms with Gasteiger partial charge in [0.25, 0.3) is 5.91 Å². The summed E-state index contributed by atoms with van der Waals surface area (Å²) in [6.45, 7) is 4.89. The number of nitrogens with one attached hydrogen (secondary N) is 1. The first-order valence-corrected chi connectivity index (χ1v) is 4.99. The van der Waals surface area contributed by atoms with E-state index in [4.69, 9.17) is 9.15 Å². The van der Waals surface area contributed by atoms with Crippen molar-refractivity contribution < 1.29 is 13.9 Å². The molecule has 0 unspecified atom stereocenters. The number of hydrogen-bond donors (Lipinski definition) is 1. The lowest BCUT2D eigenvalue weighted by Crippen LogP contribution is -2.25. The van der Waals surface area contributed by atoms with Gasteiger partial charge in [-0.15, -0.1) is 0 Å². The Balaban J connectivity index is 2.43. The molecule has 1 N–H and O–H groups in total. The fraction of sp³-hybridized carbons (Fsp3) is 0.545. The van der Waals surface area contributed by atoms with Crippen LogP contribution in [0.25, 0.3) is 0 Å². The van der Waals surface area contributed by atoms with E-state index in [0.717, 1.165) is 12.2 Å². The summed E-state index contributed by atoms with van der Waals surface area (Å²) >= 11 is 0. The summed E-state index contributed by atoms with van der Waals surface area (Å²) < 4.78 is 10.2. The second-order valence-corrected chi connectivity index (χ2v) is 3.43. The normalized spacial score (nSPS) is 10.3. The molecule has 0 aliphatic heterocycles. The van der Waals surface area contributed by atoms with E-state index in [2.05, 4.69) is 5.32 Å². The van der Waals surface area contributed by atoms with Gasteiger partial charge in [-0.05, 0) is 26.3 Å². The fourth-order valence-corrected chi connectivity index (χ4v) is 1.37. The van der Waals surface area contributed by atoms with Crippen molar-refractivity contribution in [1.82, 2.24) is 5.32 Å². The van der Waals surface area contributed by atoms with E-state index in [1.807, 2.05) is 6.92 Å². The maximum Gasteiger partial charge on any atom is 0.254 e. The van der Waals surface area contributed by atoms with Gasteiger partial charge in [-0.3, -0.25) is 4.79 Å². The van der Waals surface area contributed by atoms with E-state index in [1.165, 1.54) is 0 Å². The lowest BCUT2D eigenvalue weighted by molar-refractivity contribution is 0.0947. The van der Waals surface area contributed by atoms with Gasteiger partial charge in [0.2, 0.25) is 0 Å². The van der Waals surface area contributed by atoms with Gasteiger partial charge in [0, 0.05) is 20.3 Å². The molecular weight excluding hydrogens is 194 g/mol. The Hall–Kier alpha value is -1.29. The molecule has 0 radical (unpaired) electrons. The minimum Gasteiger partial charge on any atom is -0.466 e.